The van der Waals surface area contributed by atoms with E-state index in [4.69, 9.17) is 10.9 Å². The van der Waals surface area contributed by atoms with Crippen molar-refractivity contribution in [3.8, 4) is 0 Å². The summed E-state index contributed by atoms with van der Waals surface area (Å²) in [6, 6.07) is 6.61. The molecule has 0 aliphatic rings. The van der Waals surface area contributed by atoms with Crippen molar-refractivity contribution in [2.24, 2.45) is 10.9 Å². The fourth-order valence-electron chi connectivity index (χ4n) is 1.53. The fourth-order valence-corrected chi connectivity index (χ4v) is 3.94. The summed E-state index contributed by atoms with van der Waals surface area (Å²) in [6.07, 6.45) is 0.175. The summed E-state index contributed by atoms with van der Waals surface area (Å²) in [5.74, 6) is 0.000720. The van der Waals surface area contributed by atoms with E-state index in [1.807, 2.05) is 0 Å². The molecule has 0 unspecified atom stereocenters. The molecule has 3 N–H and O–H groups in total. The Labute approximate surface area is 121 Å². The quantitative estimate of drug-likeness (QED) is 0.352. The number of sulfonamides is 1. The zero-order valence-electron chi connectivity index (χ0n) is 10.5. The first kappa shape index (κ1) is 15.9. The zero-order valence-corrected chi connectivity index (χ0v) is 12.9. The third kappa shape index (κ3) is 3.92. The van der Waals surface area contributed by atoms with Crippen LogP contribution in [0.1, 0.15) is 13.3 Å². The van der Waals surface area contributed by atoms with Crippen LogP contribution in [0.15, 0.2) is 38.8 Å². The van der Waals surface area contributed by atoms with E-state index >= 15 is 0 Å². The van der Waals surface area contributed by atoms with E-state index in [2.05, 4.69) is 21.1 Å². The summed E-state index contributed by atoms with van der Waals surface area (Å²) in [7, 11) is -3.59. The number of hydrogen-bond donors (Lipinski definition) is 2. The van der Waals surface area contributed by atoms with Crippen molar-refractivity contribution in [2.75, 3.05) is 13.1 Å². The van der Waals surface area contributed by atoms with Gasteiger partial charge in [-0.25, -0.2) is 8.42 Å². The van der Waals surface area contributed by atoms with Crippen molar-refractivity contribution in [2.45, 2.75) is 18.2 Å². The second-order valence-electron chi connectivity index (χ2n) is 3.77. The van der Waals surface area contributed by atoms with Gasteiger partial charge in [-0.05, 0) is 28.1 Å². The monoisotopic (exact) mass is 349 g/mol. The molecule has 0 amide bonds. The molecule has 19 heavy (non-hydrogen) atoms. The fraction of sp³-hybridized carbons (Fsp3) is 0.364. The molecule has 0 saturated carbocycles. The second kappa shape index (κ2) is 6.88. The molecule has 1 rings (SSSR count). The van der Waals surface area contributed by atoms with Crippen LogP contribution in [0.25, 0.3) is 0 Å². The summed E-state index contributed by atoms with van der Waals surface area (Å²) >= 11 is 3.23. The van der Waals surface area contributed by atoms with Gasteiger partial charge in [0.25, 0.3) is 0 Å². The third-order valence-electron chi connectivity index (χ3n) is 2.55. The van der Waals surface area contributed by atoms with Crippen molar-refractivity contribution in [3.63, 3.8) is 0 Å². The van der Waals surface area contributed by atoms with Gasteiger partial charge in [0.15, 0.2) is 0 Å². The van der Waals surface area contributed by atoms with E-state index in [9.17, 15) is 8.42 Å². The first-order valence-electron chi connectivity index (χ1n) is 5.64. The SMILES string of the molecule is CCN(CC/C(N)=N/O)S(=O)(=O)c1ccccc1Br. The largest absolute Gasteiger partial charge is 0.409 e. The maximum atomic E-state index is 12.4. The van der Waals surface area contributed by atoms with E-state index in [1.165, 1.54) is 10.4 Å². The molecular formula is C11H16BrN3O3S. The van der Waals surface area contributed by atoms with Crippen LogP contribution in [0.5, 0.6) is 0 Å². The van der Waals surface area contributed by atoms with Crippen LogP contribution in [0.2, 0.25) is 0 Å². The molecule has 0 heterocycles. The predicted molar refractivity (Wildman–Crippen MR) is 76.6 cm³/mol. The zero-order chi connectivity index (χ0) is 14.5. The van der Waals surface area contributed by atoms with Gasteiger partial charge in [0.05, 0.1) is 4.90 Å². The Bertz CT molecular complexity index is 560. The summed E-state index contributed by atoms with van der Waals surface area (Å²) in [4.78, 5) is 0.205. The predicted octanol–water partition coefficient (Wildman–Crippen LogP) is 1.60. The van der Waals surface area contributed by atoms with Gasteiger partial charge in [-0.1, -0.05) is 24.2 Å². The average Bonchev–Trinajstić information content (AvgIpc) is 2.39. The highest BCUT2D eigenvalue weighted by Gasteiger charge is 2.24. The molecule has 1 aromatic rings. The summed E-state index contributed by atoms with van der Waals surface area (Å²) in [5.41, 5.74) is 5.36. The lowest BCUT2D eigenvalue weighted by Crippen LogP contribution is -2.34. The van der Waals surface area contributed by atoms with E-state index in [0.29, 0.717) is 11.0 Å². The number of benzene rings is 1. The number of nitrogens with two attached hydrogens (primary N) is 1. The number of oxime groups is 1. The Hall–Kier alpha value is -1.12. The molecule has 0 bridgehead atoms. The first-order valence-corrected chi connectivity index (χ1v) is 7.87. The Morgan fingerprint density at radius 3 is 2.63 bits per heavy atom. The molecule has 0 aliphatic heterocycles. The maximum absolute atomic E-state index is 12.4. The number of nitrogens with zero attached hydrogens (tertiary/aromatic N) is 2. The van der Waals surface area contributed by atoms with Crippen LogP contribution in [0, 0.1) is 0 Å². The molecule has 8 heteroatoms. The van der Waals surface area contributed by atoms with E-state index in [-0.39, 0.29) is 23.7 Å². The van der Waals surface area contributed by atoms with Gasteiger partial charge in [0.2, 0.25) is 10.0 Å². The molecule has 6 nitrogen and oxygen atoms in total. The molecule has 0 aliphatic carbocycles. The van der Waals surface area contributed by atoms with Gasteiger partial charge in [0, 0.05) is 24.0 Å². The minimum atomic E-state index is -3.59. The molecular weight excluding hydrogens is 334 g/mol. The highest BCUT2D eigenvalue weighted by molar-refractivity contribution is 9.10. The topological polar surface area (TPSA) is 96.0 Å². The highest BCUT2D eigenvalue weighted by Crippen LogP contribution is 2.24. The summed E-state index contributed by atoms with van der Waals surface area (Å²) < 4.78 is 26.7. The minimum Gasteiger partial charge on any atom is -0.409 e. The van der Waals surface area contributed by atoms with Crippen molar-refractivity contribution < 1.29 is 13.6 Å². The van der Waals surface area contributed by atoms with Gasteiger partial charge >= 0.3 is 0 Å². The Morgan fingerprint density at radius 2 is 2.11 bits per heavy atom. The molecule has 0 fully saturated rings. The lowest BCUT2D eigenvalue weighted by atomic mass is 10.4. The standard InChI is InChI=1S/C11H16BrN3O3S/c1-2-15(8-7-11(13)14-16)19(17,18)10-6-4-3-5-9(10)12/h3-6,16H,2,7-8H2,1H3,(H2,13,14). The van der Waals surface area contributed by atoms with Crippen molar-refractivity contribution >= 4 is 31.8 Å². The molecule has 0 radical (unpaired) electrons. The lowest BCUT2D eigenvalue weighted by Gasteiger charge is -2.20. The van der Waals surface area contributed by atoms with Gasteiger partial charge in [-0.3, -0.25) is 0 Å². The average molecular weight is 350 g/mol. The lowest BCUT2D eigenvalue weighted by molar-refractivity contribution is 0.315. The van der Waals surface area contributed by atoms with E-state index in [1.54, 1.807) is 25.1 Å². The molecule has 0 spiro atoms. The molecule has 0 aromatic heterocycles. The number of hydrogen-bond acceptors (Lipinski definition) is 4. The van der Waals surface area contributed by atoms with Gasteiger partial charge in [-0.2, -0.15) is 4.31 Å². The Morgan fingerprint density at radius 1 is 1.47 bits per heavy atom. The molecule has 106 valence electrons. The normalized spacial score (nSPS) is 12.9. The smallest absolute Gasteiger partial charge is 0.244 e. The summed E-state index contributed by atoms with van der Waals surface area (Å²) in [6.45, 7) is 2.21. The van der Waals surface area contributed by atoms with Gasteiger partial charge in [0.1, 0.15) is 5.84 Å². The van der Waals surface area contributed by atoms with Gasteiger partial charge in [-0.15, -0.1) is 0 Å². The van der Waals surface area contributed by atoms with Crippen molar-refractivity contribution in [1.82, 2.24) is 4.31 Å². The van der Waals surface area contributed by atoms with Crippen LogP contribution < -0.4 is 5.73 Å². The van der Waals surface area contributed by atoms with E-state index in [0.717, 1.165) is 0 Å². The van der Waals surface area contributed by atoms with Crippen LogP contribution in [-0.2, 0) is 10.0 Å². The number of halogens is 1. The van der Waals surface area contributed by atoms with Gasteiger partial charge < -0.3 is 10.9 Å². The van der Waals surface area contributed by atoms with E-state index < -0.39 is 10.0 Å². The van der Waals surface area contributed by atoms with Crippen molar-refractivity contribution in [3.05, 3.63) is 28.7 Å². The molecule has 0 saturated heterocycles. The summed E-state index contributed by atoms with van der Waals surface area (Å²) in [5, 5.41) is 11.3. The Kier molecular flexibility index (Phi) is 5.77. The van der Waals surface area contributed by atoms with Crippen LogP contribution in [-0.4, -0.2) is 36.9 Å². The second-order valence-corrected chi connectivity index (χ2v) is 6.53. The maximum Gasteiger partial charge on any atom is 0.244 e. The number of amidine groups is 1. The highest BCUT2D eigenvalue weighted by atomic mass is 79.9. The van der Waals surface area contributed by atoms with Crippen LogP contribution in [0.3, 0.4) is 0 Å². The minimum absolute atomic E-state index is 0.000720. The number of rotatable bonds is 6. The van der Waals surface area contributed by atoms with Crippen LogP contribution >= 0.6 is 15.9 Å². The van der Waals surface area contributed by atoms with Crippen LogP contribution in [0.4, 0.5) is 0 Å². The molecule has 0 atom stereocenters. The third-order valence-corrected chi connectivity index (χ3v) is 5.54. The molecule has 1 aromatic carbocycles. The van der Waals surface area contributed by atoms with Crippen molar-refractivity contribution in [1.29, 1.82) is 0 Å². The first-order chi connectivity index (χ1) is 8.93. The Balaban J connectivity index is 3.00.